The molecule has 2 fully saturated rings. The molecule has 0 saturated carbocycles. The summed E-state index contributed by atoms with van der Waals surface area (Å²) in [5.74, 6) is -0.116. The van der Waals surface area contributed by atoms with Gasteiger partial charge in [-0.3, -0.25) is 14.4 Å². The molecule has 2 saturated heterocycles. The van der Waals surface area contributed by atoms with E-state index in [9.17, 15) is 14.4 Å². The van der Waals surface area contributed by atoms with Gasteiger partial charge in [-0.05, 0) is 24.3 Å². The van der Waals surface area contributed by atoms with Crippen molar-refractivity contribution in [3.63, 3.8) is 0 Å². The fourth-order valence-corrected chi connectivity index (χ4v) is 3.22. The number of nitrogens with one attached hydrogen (secondary N) is 1. The van der Waals surface area contributed by atoms with Crippen LogP contribution in [0, 0.1) is 5.92 Å². The first-order valence-electron chi connectivity index (χ1n) is 9.36. The molecule has 1 N–H and O–H groups in total. The number of nitrogens with zero attached hydrogens (tertiary/aromatic N) is 2. The highest BCUT2D eigenvalue weighted by molar-refractivity contribution is 6.00. The predicted molar refractivity (Wildman–Crippen MR) is 103 cm³/mol. The molecule has 8 heteroatoms. The molecule has 1 aromatic rings. The Bertz CT molecular complexity index is 728. The lowest BCUT2D eigenvalue weighted by Gasteiger charge is -2.26. The lowest BCUT2D eigenvalue weighted by atomic mass is 10.1. The molecule has 150 valence electrons. The Morgan fingerprint density at radius 1 is 1.25 bits per heavy atom. The molecule has 8 nitrogen and oxygen atoms in total. The zero-order valence-corrected chi connectivity index (χ0v) is 15.8. The van der Waals surface area contributed by atoms with Gasteiger partial charge in [-0.15, -0.1) is 6.58 Å². The molecule has 2 aliphatic rings. The number of anilines is 1. The van der Waals surface area contributed by atoms with Crippen molar-refractivity contribution in [3.8, 4) is 5.75 Å². The fourth-order valence-electron chi connectivity index (χ4n) is 3.22. The fraction of sp³-hybridized carbons (Fsp3) is 0.450. The molecule has 0 aromatic heterocycles. The van der Waals surface area contributed by atoms with Gasteiger partial charge in [-0.2, -0.15) is 0 Å². The van der Waals surface area contributed by atoms with E-state index >= 15 is 0 Å². The summed E-state index contributed by atoms with van der Waals surface area (Å²) >= 11 is 0. The Labute approximate surface area is 164 Å². The van der Waals surface area contributed by atoms with E-state index in [0.29, 0.717) is 50.8 Å². The van der Waals surface area contributed by atoms with Crippen LogP contribution in [-0.4, -0.2) is 68.6 Å². The zero-order chi connectivity index (χ0) is 19.9. The molecule has 1 atom stereocenters. The molecule has 0 spiro atoms. The van der Waals surface area contributed by atoms with Gasteiger partial charge in [0.1, 0.15) is 5.75 Å². The standard InChI is InChI=1S/C20H25N3O5/c1-2-7-21-20(26)15-12-18(24)23(13-15)16-3-5-17(6-4-16)28-14-19(25)22-8-10-27-11-9-22/h2-6,15H,1,7-14H2,(H,21,26)/t15-/m1/s1. The quantitative estimate of drug-likeness (QED) is 0.692. The average molecular weight is 387 g/mol. The highest BCUT2D eigenvalue weighted by Crippen LogP contribution is 2.27. The first kappa shape index (κ1) is 19.9. The Kier molecular flexibility index (Phi) is 6.65. The molecule has 28 heavy (non-hydrogen) atoms. The van der Waals surface area contributed by atoms with E-state index in [1.165, 1.54) is 0 Å². The summed E-state index contributed by atoms with van der Waals surface area (Å²) in [5, 5.41) is 2.73. The third kappa shape index (κ3) is 4.89. The van der Waals surface area contributed by atoms with Crippen LogP contribution < -0.4 is 15.0 Å². The normalized spacial score (nSPS) is 19.4. The number of carbonyl (C=O) groups is 3. The monoisotopic (exact) mass is 387 g/mol. The second kappa shape index (κ2) is 9.36. The van der Waals surface area contributed by atoms with Gasteiger partial charge in [0.2, 0.25) is 11.8 Å². The van der Waals surface area contributed by atoms with Gasteiger partial charge in [-0.25, -0.2) is 0 Å². The minimum Gasteiger partial charge on any atom is -0.484 e. The van der Waals surface area contributed by atoms with Crippen LogP contribution in [-0.2, 0) is 19.1 Å². The van der Waals surface area contributed by atoms with Crippen LogP contribution >= 0.6 is 0 Å². The van der Waals surface area contributed by atoms with Crippen molar-refractivity contribution in [2.45, 2.75) is 6.42 Å². The largest absolute Gasteiger partial charge is 0.484 e. The highest BCUT2D eigenvalue weighted by Gasteiger charge is 2.34. The van der Waals surface area contributed by atoms with Crippen molar-refractivity contribution in [2.24, 2.45) is 5.92 Å². The smallest absolute Gasteiger partial charge is 0.260 e. The van der Waals surface area contributed by atoms with Crippen molar-refractivity contribution < 1.29 is 23.9 Å². The van der Waals surface area contributed by atoms with Gasteiger partial charge in [0, 0.05) is 38.3 Å². The van der Waals surface area contributed by atoms with Crippen LogP contribution in [0.3, 0.4) is 0 Å². The average Bonchev–Trinajstić information content (AvgIpc) is 3.13. The van der Waals surface area contributed by atoms with Crippen LogP contribution in [0.25, 0.3) is 0 Å². The molecule has 3 amide bonds. The maximum atomic E-state index is 12.3. The summed E-state index contributed by atoms with van der Waals surface area (Å²) in [5.41, 5.74) is 0.705. The van der Waals surface area contributed by atoms with Crippen LogP contribution in [0.2, 0.25) is 0 Å². The Balaban J connectivity index is 1.52. The first-order valence-corrected chi connectivity index (χ1v) is 9.36. The number of morpholine rings is 1. The number of hydrogen-bond donors (Lipinski definition) is 1. The van der Waals surface area contributed by atoms with Crippen molar-refractivity contribution >= 4 is 23.4 Å². The molecule has 2 aliphatic heterocycles. The number of rotatable bonds is 7. The van der Waals surface area contributed by atoms with Gasteiger partial charge in [0.15, 0.2) is 6.61 Å². The maximum Gasteiger partial charge on any atom is 0.260 e. The summed E-state index contributed by atoms with van der Waals surface area (Å²) in [6.45, 7) is 6.53. The number of amides is 3. The molecule has 2 heterocycles. The summed E-state index contributed by atoms with van der Waals surface area (Å²) in [7, 11) is 0. The van der Waals surface area contributed by atoms with Crippen molar-refractivity contribution in [2.75, 3.05) is 50.9 Å². The zero-order valence-electron chi connectivity index (χ0n) is 15.8. The number of ether oxygens (including phenoxy) is 2. The molecule has 0 unspecified atom stereocenters. The minimum atomic E-state index is -0.366. The third-order valence-electron chi connectivity index (χ3n) is 4.79. The van der Waals surface area contributed by atoms with E-state index in [4.69, 9.17) is 9.47 Å². The van der Waals surface area contributed by atoms with Crippen molar-refractivity contribution in [1.82, 2.24) is 10.2 Å². The van der Waals surface area contributed by atoms with Crippen LogP contribution in [0.1, 0.15) is 6.42 Å². The van der Waals surface area contributed by atoms with E-state index in [2.05, 4.69) is 11.9 Å². The Morgan fingerprint density at radius 3 is 2.64 bits per heavy atom. The molecule has 0 radical (unpaired) electrons. The lowest BCUT2D eigenvalue weighted by Crippen LogP contribution is -2.42. The van der Waals surface area contributed by atoms with Gasteiger partial charge in [0.25, 0.3) is 5.91 Å². The molecular weight excluding hydrogens is 362 g/mol. The Morgan fingerprint density at radius 2 is 1.96 bits per heavy atom. The van der Waals surface area contributed by atoms with Crippen LogP contribution in [0.5, 0.6) is 5.75 Å². The Hall–Kier alpha value is -2.87. The van der Waals surface area contributed by atoms with E-state index in [1.54, 1.807) is 40.1 Å². The second-order valence-corrected chi connectivity index (χ2v) is 6.71. The summed E-state index contributed by atoms with van der Waals surface area (Å²) in [4.78, 5) is 39.8. The topological polar surface area (TPSA) is 88.2 Å². The van der Waals surface area contributed by atoms with E-state index in [-0.39, 0.29) is 36.7 Å². The number of benzene rings is 1. The predicted octanol–water partition coefficient (Wildman–Crippen LogP) is 0.579. The minimum absolute atomic E-state index is 0.0342. The second-order valence-electron chi connectivity index (χ2n) is 6.71. The first-order chi connectivity index (χ1) is 13.6. The SMILES string of the molecule is C=CCNC(=O)[C@@H]1CC(=O)N(c2ccc(OCC(=O)N3CCOCC3)cc2)C1. The summed E-state index contributed by atoms with van der Waals surface area (Å²) < 4.78 is 10.8. The summed E-state index contributed by atoms with van der Waals surface area (Å²) in [6, 6.07) is 6.97. The highest BCUT2D eigenvalue weighted by atomic mass is 16.5. The molecule has 0 aliphatic carbocycles. The van der Waals surface area contributed by atoms with E-state index < -0.39 is 0 Å². The van der Waals surface area contributed by atoms with Gasteiger partial charge in [-0.1, -0.05) is 6.08 Å². The third-order valence-corrected chi connectivity index (χ3v) is 4.79. The molecule has 1 aromatic carbocycles. The van der Waals surface area contributed by atoms with Crippen LogP contribution in [0.15, 0.2) is 36.9 Å². The van der Waals surface area contributed by atoms with Crippen molar-refractivity contribution in [1.29, 1.82) is 0 Å². The number of hydrogen-bond acceptors (Lipinski definition) is 5. The summed E-state index contributed by atoms with van der Waals surface area (Å²) in [6.07, 6.45) is 1.80. The molecular formula is C20H25N3O5. The maximum absolute atomic E-state index is 12.3. The molecule has 3 rings (SSSR count). The van der Waals surface area contributed by atoms with Crippen LogP contribution in [0.4, 0.5) is 5.69 Å². The lowest BCUT2D eigenvalue weighted by molar-refractivity contribution is -0.137. The van der Waals surface area contributed by atoms with Gasteiger partial charge < -0.3 is 24.6 Å². The molecule has 0 bridgehead atoms. The number of carbonyl (C=O) groups excluding carboxylic acids is 3. The van der Waals surface area contributed by atoms with E-state index in [1.807, 2.05) is 0 Å². The van der Waals surface area contributed by atoms with Crippen molar-refractivity contribution in [3.05, 3.63) is 36.9 Å². The van der Waals surface area contributed by atoms with Gasteiger partial charge in [0.05, 0.1) is 19.1 Å². The van der Waals surface area contributed by atoms with Gasteiger partial charge >= 0.3 is 0 Å². The van der Waals surface area contributed by atoms with E-state index in [0.717, 1.165) is 0 Å².